The number of allylic oxidation sites excluding steroid dienone is 2. The standard InChI is InChI=1S/C15H15ClF4O.C15H15ClF4/c16-8-7-10-1-3-11(4-2-10)12-5-6-14(13(17)9-12)21-15(18,19)20;16-8-7-10-1-3-11(4-2-10)12-5-6-13(14(17)9-12)15(18,19)20/h5-11H,1-4H2;5-11H,1-4H2/b2*8-7+. The summed E-state index contributed by atoms with van der Waals surface area (Å²) >= 11 is 11.1. The Bertz CT molecular complexity index is 1180. The molecule has 11 heteroatoms. The van der Waals surface area contributed by atoms with Gasteiger partial charge in [0.05, 0.1) is 5.56 Å². The van der Waals surface area contributed by atoms with Gasteiger partial charge in [-0.15, -0.1) is 13.2 Å². The highest BCUT2D eigenvalue weighted by atomic mass is 35.5. The normalized spacial score (nSPS) is 23.9. The first-order valence-corrected chi connectivity index (χ1v) is 14.1. The molecule has 0 unspecified atom stereocenters. The summed E-state index contributed by atoms with van der Waals surface area (Å²) < 4.78 is 105. The van der Waals surface area contributed by atoms with E-state index in [1.165, 1.54) is 23.2 Å². The van der Waals surface area contributed by atoms with Gasteiger partial charge in [-0.3, -0.25) is 0 Å². The van der Waals surface area contributed by atoms with E-state index in [-0.39, 0.29) is 11.8 Å². The van der Waals surface area contributed by atoms with Crippen molar-refractivity contribution in [2.75, 3.05) is 0 Å². The van der Waals surface area contributed by atoms with E-state index in [2.05, 4.69) is 4.74 Å². The summed E-state index contributed by atoms with van der Waals surface area (Å²) in [6, 6.07) is 6.97. The molecule has 0 radical (unpaired) electrons. The molecule has 0 amide bonds. The maximum atomic E-state index is 13.7. The molecule has 2 aromatic rings. The number of hydrogen-bond donors (Lipinski definition) is 0. The molecule has 0 aliphatic heterocycles. The van der Waals surface area contributed by atoms with Crippen LogP contribution >= 0.6 is 23.2 Å². The fraction of sp³-hybridized carbons (Fsp3) is 0.467. The third-order valence-electron chi connectivity index (χ3n) is 7.66. The molecule has 2 aromatic carbocycles. The van der Waals surface area contributed by atoms with Crippen molar-refractivity contribution in [1.82, 2.24) is 0 Å². The van der Waals surface area contributed by atoms with Crippen LogP contribution in [0.15, 0.2) is 59.6 Å². The SMILES string of the molecule is Fc1cc(C2CCC(/C=C/Cl)CC2)ccc1C(F)(F)F.Fc1cc(C2CCC(/C=C/Cl)CC2)ccc1OC(F)(F)F. The van der Waals surface area contributed by atoms with Crippen LogP contribution in [0, 0.1) is 23.5 Å². The molecule has 1 nitrogen and oxygen atoms in total. The molecule has 0 aromatic heterocycles. The van der Waals surface area contributed by atoms with Gasteiger partial charge in [-0.05, 0) is 110 Å². The molecule has 2 saturated carbocycles. The lowest BCUT2D eigenvalue weighted by Crippen LogP contribution is -2.18. The van der Waals surface area contributed by atoms with E-state index in [4.69, 9.17) is 23.2 Å². The second kappa shape index (κ2) is 14.8. The maximum absolute atomic E-state index is 13.7. The van der Waals surface area contributed by atoms with Gasteiger partial charge in [0.15, 0.2) is 11.6 Å². The first kappa shape index (κ1) is 33.2. The van der Waals surface area contributed by atoms with Crippen molar-refractivity contribution in [3.63, 3.8) is 0 Å². The molecule has 226 valence electrons. The van der Waals surface area contributed by atoms with Gasteiger partial charge in [-0.25, -0.2) is 8.78 Å². The van der Waals surface area contributed by atoms with Crippen molar-refractivity contribution in [3.05, 3.63) is 87.9 Å². The van der Waals surface area contributed by atoms with E-state index >= 15 is 0 Å². The van der Waals surface area contributed by atoms with E-state index in [0.717, 1.165) is 81.2 Å². The number of ether oxygens (including phenoxy) is 1. The Labute approximate surface area is 244 Å². The predicted molar refractivity (Wildman–Crippen MR) is 144 cm³/mol. The zero-order valence-electron chi connectivity index (χ0n) is 21.9. The molecule has 2 aliphatic carbocycles. The Morgan fingerprint density at radius 2 is 1.07 bits per heavy atom. The van der Waals surface area contributed by atoms with Gasteiger partial charge in [0.1, 0.15) is 5.82 Å². The molecular formula is C30H30Cl2F8O. The van der Waals surface area contributed by atoms with Gasteiger partial charge in [-0.2, -0.15) is 13.2 Å². The lowest BCUT2D eigenvalue weighted by atomic mass is 9.78. The van der Waals surface area contributed by atoms with Crippen LogP contribution in [0.2, 0.25) is 0 Å². The van der Waals surface area contributed by atoms with E-state index < -0.39 is 35.5 Å². The number of rotatable bonds is 5. The van der Waals surface area contributed by atoms with Crippen molar-refractivity contribution in [2.24, 2.45) is 11.8 Å². The first-order chi connectivity index (χ1) is 19.3. The van der Waals surface area contributed by atoms with E-state index in [9.17, 15) is 35.1 Å². The summed E-state index contributed by atoms with van der Waals surface area (Å²) in [5.74, 6) is -1.80. The zero-order chi connectivity index (χ0) is 30.2. The summed E-state index contributed by atoms with van der Waals surface area (Å²) in [6.07, 6.45) is 1.52. The number of halogens is 10. The molecule has 0 N–H and O–H groups in total. The summed E-state index contributed by atoms with van der Waals surface area (Å²) in [5, 5.41) is 0. The Kier molecular flexibility index (Phi) is 12.0. The van der Waals surface area contributed by atoms with Crippen LogP contribution in [-0.2, 0) is 6.18 Å². The largest absolute Gasteiger partial charge is 0.573 e. The van der Waals surface area contributed by atoms with Gasteiger partial charge in [0.25, 0.3) is 0 Å². The summed E-state index contributed by atoms with van der Waals surface area (Å²) in [7, 11) is 0. The molecule has 4 rings (SSSR count). The Hall–Kier alpha value is -2.26. The Morgan fingerprint density at radius 3 is 1.44 bits per heavy atom. The van der Waals surface area contributed by atoms with Crippen LogP contribution < -0.4 is 4.74 Å². The average Bonchev–Trinajstić information content (AvgIpc) is 2.90. The van der Waals surface area contributed by atoms with Crippen LogP contribution in [-0.4, -0.2) is 6.36 Å². The molecule has 0 heterocycles. The van der Waals surface area contributed by atoms with Crippen LogP contribution in [0.3, 0.4) is 0 Å². The quantitative estimate of drug-likeness (QED) is 0.299. The van der Waals surface area contributed by atoms with Gasteiger partial charge < -0.3 is 4.74 Å². The van der Waals surface area contributed by atoms with E-state index in [1.807, 2.05) is 12.2 Å². The summed E-state index contributed by atoms with van der Waals surface area (Å²) in [4.78, 5) is 0. The molecular weight excluding hydrogens is 599 g/mol. The lowest BCUT2D eigenvalue weighted by Gasteiger charge is -2.27. The molecule has 41 heavy (non-hydrogen) atoms. The van der Waals surface area contributed by atoms with Crippen molar-refractivity contribution < 1.29 is 39.9 Å². The van der Waals surface area contributed by atoms with E-state index in [1.54, 1.807) is 0 Å². The van der Waals surface area contributed by atoms with Crippen molar-refractivity contribution in [2.45, 2.75) is 75.7 Å². The third kappa shape index (κ3) is 10.2. The van der Waals surface area contributed by atoms with Crippen LogP contribution in [0.1, 0.15) is 79.9 Å². The summed E-state index contributed by atoms with van der Waals surface area (Å²) in [5.41, 5.74) is 3.19. The van der Waals surface area contributed by atoms with Crippen molar-refractivity contribution >= 4 is 23.2 Å². The highest BCUT2D eigenvalue weighted by molar-refractivity contribution is 6.25. The predicted octanol–water partition coefficient (Wildman–Crippen LogP) is 11.6. The minimum absolute atomic E-state index is 0.131. The maximum Gasteiger partial charge on any atom is 0.573 e. The monoisotopic (exact) mass is 628 g/mol. The van der Waals surface area contributed by atoms with Crippen molar-refractivity contribution in [3.8, 4) is 5.75 Å². The second-order valence-electron chi connectivity index (χ2n) is 10.3. The Morgan fingerprint density at radius 1 is 0.634 bits per heavy atom. The van der Waals surface area contributed by atoms with E-state index in [0.29, 0.717) is 17.4 Å². The van der Waals surface area contributed by atoms with Gasteiger partial charge >= 0.3 is 12.5 Å². The van der Waals surface area contributed by atoms with Crippen molar-refractivity contribution in [1.29, 1.82) is 0 Å². The number of benzene rings is 2. The van der Waals surface area contributed by atoms with Crippen LogP contribution in [0.4, 0.5) is 35.1 Å². The second-order valence-corrected chi connectivity index (χ2v) is 10.8. The molecule has 0 saturated heterocycles. The minimum atomic E-state index is -4.88. The summed E-state index contributed by atoms with van der Waals surface area (Å²) in [6.45, 7) is 0. The third-order valence-corrected chi connectivity index (χ3v) is 7.95. The number of hydrogen-bond acceptors (Lipinski definition) is 1. The average molecular weight is 629 g/mol. The highest BCUT2D eigenvalue weighted by Crippen LogP contribution is 2.40. The first-order valence-electron chi connectivity index (χ1n) is 13.3. The van der Waals surface area contributed by atoms with Gasteiger partial charge in [0, 0.05) is 11.1 Å². The molecule has 2 fully saturated rings. The lowest BCUT2D eigenvalue weighted by molar-refractivity contribution is -0.275. The Balaban J connectivity index is 0.000000226. The zero-order valence-corrected chi connectivity index (χ0v) is 23.4. The molecule has 0 bridgehead atoms. The minimum Gasteiger partial charge on any atom is -0.403 e. The van der Waals surface area contributed by atoms with Crippen LogP contribution in [0.5, 0.6) is 5.75 Å². The van der Waals surface area contributed by atoms with Gasteiger partial charge in [0.2, 0.25) is 0 Å². The molecule has 0 atom stereocenters. The molecule has 2 aliphatic rings. The van der Waals surface area contributed by atoms with Gasteiger partial charge in [-0.1, -0.05) is 47.5 Å². The van der Waals surface area contributed by atoms with Crippen LogP contribution in [0.25, 0.3) is 0 Å². The smallest absolute Gasteiger partial charge is 0.403 e. The number of alkyl halides is 6. The fourth-order valence-corrected chi connectivity index (χ4v) is 5.90. The molecule has 0 spiro atoms. The topological polar surface area (TPSA) is 9.23 Å². The highest BCUT2D eigenvalue weighted by Gasteiger charge is 2.35. The fourth-order valence-electron chi connectivity index (χ4n) is 5.49.